The van der Waals surface area contributed by atoms with Gasteiger partial charge in [0.15, 0.2) is 11.5 Å². The van der Waals surface area contributed by atoms with Crippen LogP contribution in [0.25, 0.3) is 6.08 Å². The van der Waals surface area contributed by atoms with Gasteiger partial charge in [0.25, 0.3) is 5.91 Å². The molecule has 8 heteroatoms. The number of nitriles is 1. The molecule has 2 rings (SSSR count). The van der Waals surface area contributed by atoms with Crippen LogP contribution in [-0.4, -0.2) is 39.2 Å². The maximum absolute atomic E-state index is 12.3. The molecule has 0 aromatic heterocycles. The molecule has 0 atom stereocenters. The maximum Gasteiger partial charge on any atom is 0.261 e. The summed E-state index contributed by atoms with van der Waals surface area (Å²) < 4.78 is 15.4. The molecule has 0 radical (unpaired) electrons. The number of carbonyl (C=O) groups excluding carboxylic acids is 2. The highest BCUT2D eigenvalue weighted by Crippen LogP contribution is 2.27. The molecule has 0 bridgehead atoms. The second-order valence-electron chi connectivity index (χ2n) is 6.09. The van der Waals surface area contributed by atoms with Crippen LogP contribution < -0.4 is 24.6 Å². The van der Waals surface area contributed by atoms with Gasteiger partial charge in [-0.1, -0.05) is 18.2 Å². The van der Waals surface area contributed by atoms with Gasteiger partial charge in [0.1, 0.15) is 24.0 Å². The first-order valence-electron chi connectivity index (χ1n) is 9.00. The number of methoxy groups -OCH3 is 2. The number of benzene rings is 2. The third-order valence-corrected chi connectivity index (χ3v) is 4.06. The topological polar surface area (TPSA) is 121 Å². The van der Waals surface area contributed by atoms with Crippen LogP contribution in [0.3, 0.4) is 0 Å². The Balaban J connectivity index is 1.94. The summed E-state index contributed by atoms with van der Waals surface area (Å²) in [4.78, 5) is 22.7. The van der Waals surface area contributed by atoms with Crippen LogP contribution in [-0.2, 0) is 16.0 Å². The zero-order valence-electron chi connectivity index (χ0n) is 16.6. The average Bonchev–Trinajstić information content (AvgIpc) is 2.76. The van der Waals surface area contributed by atoms with Crippen molar-refractivity contribution in [1.82, 2.24) is 5.32 Å². The number of ether oxygens (including phenoxy) is 3. The summed E-state index contributed by atoms with van der Waals surface area (Å²) in [5.74, 6) is -0.248. The first-order valence-corrected chi connectivity index (χ1v) is 9.00. The highest BCUT2D eigenvalue weighted by molar-refractivity contribution is 6.01. The Morgan fingerprint density at radius 3 is 2.40 bits per heavy atom. The number of aliphatic carboxylic acids is 1. The van der Waals surface area contributed by atoms with E-state index in [4.69, 9.17) is 14.2 Å². The fourth-order valence-corrected chi connectivity index (χ4v) is 2.57. The lowest BCUT2D eigenvalue weighted by Crippen LogP contribution is -2.28. The Morgan fingerprint density at radius 2 is 1.80 bits per heavy atom. The molecular weight excluding hydrogens is 388 g/mol. The van der Waals surface area contributed by atoms with Gasteiger partial charge in [-0.05, 0) is 47.9 Å². The Labute approximate surface area is 174 Å². The van der Waals surface area contributed by atoms with Gasteiger partial charge in [-0.2, -0.15) is 5.26 Å². The van der Waals surface area contributed by atoms with Crippen LogP contribution in [0.15, 0.2) is 48.0 Å². The fraction of sp³-hybridized carbons (Fsp3) is 0.227. The third-order valence-electron chi connectivity index (χ3n) is 4.06. The zero-order chi connectivity index (χ0) is 21.9. The molecule has 0 spiro atoms. The number of hydrogen-bond acceptors (Lipinski definition) is 7. The Kier molecular flexibility index (Phi) is 8.27. The van der Waals surface area contributed by atoms with Gasteiger partial charge in [-0.15, -0.1) is 0 Å². The lowest BCUT2D eigenvalue weighted by atomic mass is 10.1. The van der Waals surface area contributed by atoms with Crippen molar-refractivity contribution in [3.8, 4) is 23.3 Å². The first-order chi connectivity index (χ1) is 14.5. The molecule has 0 saturated heterocycles. The monoisotopic (exact) mass is 409 g/mol. The molecule has 1 N–H and O–H groups in total. The molecule has 0 unspecified atom stereocenters. The number of carboxylic acids is 1. The average molecular weight is 409 g/mol. The van der Waals surface area contributed by atoms with Gasteiger partial charge in [0.05, 0.1) is 20.2 Å². The van der Waals surface area contributed by atoms with Crippen molar-refractivity contribution in [1.29, 1.82) is 5.26 Å². The molecule has 2 aromatic rings. The minimum Gasteiger partial charge on any atom is -0.546 e. The van der Waals surface area contributed by atoms with Crippen LogP contribution in [0.2, 0.25) is 0 Å². The number of hydrogen-bond donors (Lipinski definition) is 1. The second-order valence-corrected chi connectivity index (χ2v) is 6.09. The number of amides is 1. The van der Waals surface area contributed by atoms with Gasteiger partial charge >= 0.3 is 0 Å². The molecule has 2 aromatic carbocycles. The van der Waals surface area contributed by atoms with E-state index in [1.165, 1.54) is 6.08 Å². The van der Waals surface area contributed by atoms with E-state index in [0.29, 0.717) is 35.8 Å². The largest absolute Gasteiger partial charge is 0.546 e. The van der Waals surface area contributed by atoms with Crippen LogP contribution in [0.5, 0.6) is 17.2 Å². The van der Waals surface area contributed by atoms with Crippen LogP contribution in [0.4, 0.5) is 0 Å². The summed E-state index contributed by atoms with van der Waals surface area (Å²) in [6, 6.07) is 13.7. The highest BCUT2D eigenvalue weighted by atomic mass is 16.5. The molecule has 156 valence electrons. The molecule has 0 heterocycles. The molecule has 0 saturated carbocycles. The summed E-state index contributed by atoms with van der Waals surface area (Å²) >= 11 is 0. The number of rotatable bonds is 10. The molecule has 0 aliphatic carbocycles. The van der Waals surface area contributed by atoms with E-state index in [-0.39, 0.29) is 5.57 Å². The van der Waals surface area contributed by atoms with E-state index < -0.39 is 18.5 Å². The minimum absolute atomic E-state index is 0.0503. The predicted octanol–water partition coefficient (Wildman–Crippen LogP) is 1.10. The lowest BCUT2D eigenvalue weighted by Gasteiger charge is -2.10. The van der Waals surface area contributed by atoms with Crippen LogP contribution in [0.1, 0.15) is 11.1 Å². The van der Waals surface area contributed by atoms with Crippen molar-refractivity contribution in [2.45, 2.75) is 6.42 Å². The molecular formula is C22H21N2O6-. The maximum atomic E-state index is 12.3. The van der Waals surface area contributed by atoms with Crippen molar-refractivity contribution in [2.75, 3.05) is 27.4 Å². The number of carbonyl (C=O) groups is 2. The summed E-state index contributed by atoms with van der Waals surface area (Å²) in [6.45, 7) is -0.218. The van der Waals surface area contributed by atoms with Crippen molar-refractivity contribution in [3.05, 3.63) is 59.2 Å². The zero-order valence-corrected chi connectivity index (χ0v) is 16.6. The lowest BCUT2D eigenvalue weighted by molar-refractivity contribution is -0.307. The third kappa shape index (κ3) is 6.56. The number of nitrogens with one attached hydrogen (secondary N) is 1. The molecule has 1 amide bonds. The normalized spacial score (nSPS) is 10.6. The van der Waals surface area contributed by atoms with Crippen molar-refractivity contribution in [2.24, 2.45) is 0 Å². The van der Waals surface area contributed by atoms with Crippen molar-refractivity contribution in [3.63, 3.8) is 0 Å². The highest BCUT2D eigenvalue weighted by Gasteiger charge is 2.10. The number of carboxylic acid groups (broad SMARTS) is 1. The Hall–Kier alpha value is -3.99. The molecule has 0 aliphatic heterocycles. The first kappa shape index (κ1) is 22.3. The van der Waals surface area contributed by atoms with E-state index in [9.17, 15) is 20.0 Å². The summed E-state index contributed by atoms with van der Waals surface area (Å²) in [5, 5.41) is 22.4. The van der Waals surface area contributed by atoms with Gasteiger partial charge < -0.3 is 29.4 Å². The SMILES string of the molecule is COc1ccc(CCNC(=O)/C(C#N)=C/c2ccc(OCC(=O)[O-])cc2)cc1OC. The van der Waals surface area contributed by atoms with Crippen molar-refractivity contribution < 1.29 is 28.9 Å². The van der Waals surface area contributed by atoms with E-state index >= 15 is 0 Å². The number of nitrogens with zero attached hydrogens (tertiary/aromatic N) is 1. The molecule has 8 nitrogen and oxygen atoms in total. The van der Waals surface area contributed by atoms with Gasteiger partial charge in [0.2, 0.25) is 0 Å². The van der Waals surface area contributed by atoms with E-state index in [0.717, 1.165) is 5.56 Å². The van der Waals surface area contributed by atoms with E-state index in [1.54, 1.807) is 44.6 Å². The summed E-state index contributed by atoms with van der Waals surface area (Å²) in [7, 11) is 3.11. The molecule has 30 heavy (non-hydrogen) atoms. The molecule has 0 fully saturated rings. The van der Waals surface area contributed by atoms with Crippen molar-refractivity contribution >= 4 is 18.0 Å². The van der Waals surface area contributed by atoms with Crippen LogP contribution in [0, 0.1) is 11.3 Å². The summed E-state index contributed by atoms with van der Waals surface area (Å²) in [5.41, 5.74) is 1.50. The smallest absolute Gasteiger partial charge is 0.261 e. The standard InChI is InChI=1S/C22H22N2O6/c1-28-19-8-5-16(12-20(19)29-2)9-10-24-22(27)17(13-23)11-15-3-6-18(7-4-15)30-14-21(25)26/h3-8,11-12H,9-10,14H2,1-2H3,(H,24,27)(H,25,26)/p-1/b17-11+. The Morgan fingerprint density at radius 1 is 1.10 bits per heavy atom. The Bertz CT molecular complexity index is 961. The van der Waals surface area contributed by atoms with E-state index in [2.05, 4.69) is 5.32 Å². The molecule has 0 aliphatic rings. The van der Waals surface area contributed by atoms with Crippen LogP contribution >= 0.6 is 0 Å². The minimum atomic E-state index is -1.32. The van der Waals surface area contributed by atoms with Gasteiger partial charge in [-0.3, -0.25) is 4.79 Å². The van der Waals surface area contributed by atoms with Gasteiger partial charge in [-0.25, -0.2) is 0 Å². The predicted molar refractivity (Wildman–Crippen MR) is 107 cm³/mol. The van der Waals surface area contributed by atoms with E-state index in [1.807, 2.05) is 18.2 Å². The second kappa shape index (κ2) is 11.1. The fourth-order valence-electron chi connectivity index (χ4n) is 2.57. The summed E-state index contributed by atoms with van der Waals surface area (Å²) in [6.07, 6.45) is 1.99. The quantitative estimate of drug-likeness (QED) is 0.461. The van der Waals surface area contributed by atoms with Gasteiger partial charge in [0, 0.05) is 6.54 Å².